The Hall–Kier alpha value is -0.820. The summed E-state index contributed by atoms with van der Waals surface area (Å²) in [6, 6.07) is 2.30. The number of nitrogens with one attached hydrogen (secondary N) is 1. The number of rotatable bonds is 5. The van der Waals surface area contributed by atoms with Gasteiger partial charge in [0.2, 0.25) is 0 Å². The van der Waals surface area contributed by atoms with Crippen molar-refractivity contribution in [3.63, 3.8) is 0 Å². The lowest BCUT2D eigenvalue weighted by Gasteiger charge is -2.14. The van der Waals surface area contributed by atoms with E-state index in [1.165, 1.54) is 11.3 Å². The van der Waals surface area contributed by atoms with Crippen LogP contribution in [0.3, 0.4) is 0 Å². The summed E-state index contributed by atoms with van der Waals surface area (Å²) in [6.07, 6.45) is -3.12. The standard InChI is InChI=1S/C9H8BrF2NO2S/c10-4-5(14)7(6-2-1-3-16-6)13-9(15)8(11)12/h1-3,7-8H,4H2,(H,13,15). The topological polar surface area (TPSA) is 46.2 Å². The van der Waals surface area contributed by atoms with Crippen molar-refractivity contribution in [1.29, 1.82) is 0 Å². The number of halogens is 3. The zero-order valence-electron chi connectivity index (χ0n) is 7.95. The number of hydrogen-bond donors (Lipinski definition) is 1. The molecular weight excluding hydrogens is 304 g/mol. The predicted octanol–water partition coefficient (Wildman–Crippen LogP) is 2.13. The van der Waals surface area contributed by atoms with Crippen LogP contribution in [0, 0.1) is 0 Å². The van der Waals surface area contributed by atoms with Crippen LogP contribution in [0.1, 0.15) is 10.9 Å². The van der Waals surface area contributed by atoms with Gasteiger partial charge in [0.1, 0.15) is 6.04 Å². The monoisotopic (exact) mass is 311 g/mol. The third-order valence-corrected chi connectivity index (χ3v) is 3.26. The zero-order chi connectivity index (χ0) is 12.1. The van der Waals surface area contributed by atoms with Crippen molar-refractivity contribution in [2.45, 2.75) is 12.5 Å². The van der Waals surface area contributed by atoms with Gasteiger partial charge in [-0.1, -0.05) is 22.0 Å². The van der Waals surface area contributed by atoms with E-state index >= 15 is 0 Å². The van der Waals surface area contributed by atoms with Gasteiger partial charge in [0.15, 0.2) is 5.78 Å². The molecule has 0 bridgehead atoms. The van der Waals surface area contributed by atoms with E-state index in [-0.39, 0.29) is 11.1 Å². The number of Topliss-reactive ketones (excluding diaryl/α,β-unsaturated/α-hetero) is 1. The first-order valence-electron chi connectivity index (χ1n) is 4.27. The van der Waals surface area contributed by atoms with E-state index in [0.29, 0.717) is 4.88 Å². The number of amides is 1. The number of carbonyl (C=O) groups is 2. The van der Waals surface area contributed by atoms with E-state index in [2.05, 4.69) is 15.9 Å². The summed E-state index contributed by atoms with van der Waals surface area (Å²) in [6.45, 7) is 0. The fourth-order valence-electron chi connectivity index (χ4n) is 1.05. The molecule has 1 heterocycles. The second kappa shape index (κ2) is 6.05. The Morgan fingerprint density at radius 1 is 1.50 bits per heavy atom. The van der Waals surface area contributed by atoms with E-state index < -0.39 is 18.4 Å². The largest absolute Gasteiger partial charge is 0.336 e. The van der Waals surface area contributed by atoms with Gasteiger partial charge in [0.25, 0.3) is 5.91 Å². The average molecular weight is 312 g/mol. The molecule has 0 aliphatic carbocycles. The molecule has 16 heavy (non-hydrogen) atoms. The summed E-state index contributed by atoms with van der Waals surface area (Å²) in [4.78, 5) is 22.9. The maximum Gasteiger partial charge on any atom is 0.315 e. The molecule has 3 nitrogen and oxygen atoms in total. The van der Waals surface area contributed by atoms with Gasteiger partial charge in [-0.15, -0.1) is 11.3 Å². The van der Waals surface area contributed by atoms with Crippen molar-refractivity contribution in [3.8, 4) is 0 Å². The summed E-state index contributed by atoms with van der Waals surface area (Å²) in [7, 11) is 0. The quantitative estimate of drug-likeness (QED) is 0.847. The summed E-state index contributed by atoms with van der Waals surface area (Å²) in [5.41, 5.74) is 0. The fraction of sp³-hybridized carbons (Fsp3) is 0.333. The van der Waals surface area contributed by atoms with Crippen LogP contribution in [-0.2, 0) is 9.59 Å². The molecule has 0 spiro atoms. The molecule has 1 atom stereocenters. The Kier molecular flexibility index (Phi) is 5.01. The molecule has 88 valence electrons. The molecule has 7 heteroatoms. The Balaban J connectivity index is 2.81. The highest BCUT2D eigenvalue weighted by Crippen LogP contribution is 2.21. The fourth-order valence-corrected chi connectivity index (χ4v) is 2.17. The molecule has 0 radical (unpaired) electrons. The Bertz CT molecular complexity index is 370. The molecule has 1 unspecified atom stereocenters. The van der Waals surface area contributed by atoms with Crippen LogP contribution in [0.5, 0.6) is 0 Å². The molecule has 0 saturated carbocycles. The van der Waals surface area contributed by atoms with E-state index in [1.807, 2.05) is 5.32 Å². The van der Waals surface area contributed by atoms with Crippen LogP contribution in [0.25, 0.3) is 0 Å². The number of carbonyl (C=O) groups excluding carboxylic acids is 2. The summed E-state index contributed by atoms with van der Waals surface area (Å²) in [5.74, 6) is -1.80. The number of thiophene rings is 1. The normalized spacial score (nSPS) is 12.5. The second-order valence-corrected chi connectivity index (χ2v) is 4.40. The second-order valence-electron chi connectivity index (χ2n) is 2.86. The number of alkyl halides is 3. The van der Waals surface area contributed by atoms with Gasteiger partial charge in [0, 0.05) is 4.88 Å². The lowest BCUT2D eigenvalue weighted by Crippen LogP contribution is -2.37. The molecular formula is C9H8BrF2NO2S. The molecule has 0 saturated heterocycles. The lowest BCUT2D eigenvalue weighted by atomic mass is 10.1. The van der Waals surface area contributed by atoms with Crippen LogP contribution in [0.4, 0.5) is 8.78 Å². The highest BCUT2D eigenvalue weighted by Gasteiger charge is 2.26. The first kappa shape index (κ1) is 13.2. The SMILES string of the molecule is O=C(NC(C(=O)CBr)c1cccs1)C(F)F. The summed E-state index contributed by atoms with van der Waals surface area (Å²) >= 11 is 4.17. The molecule has 0 fully saturated rings. The molecule has 0 aliphatic heterocycles. The van der Waals surface area contributed by atoms with Crippen molar-refractivity contribution in [2.75, 3.05) is 5.33 Å². The smallest absolute Gasteiger partial charge is 0.315 e. The first-order valence-corrected chi connectivity index (χ1v) is 6.27. The predicted molar refractivity (Wildman–Crippen MR) is 60.0 cm³/mol. The molecule has 1 rings (SSSR count). The maximum atomic E-state index is 12.1. The van der Waals surface area contributed by atoms with Crippen LogP contribution >= 0.6 is 27.3 Å². The van der Waals surface area contributed by atoms with Crippen molar-refractivity contribution in [2.24, 2.45) is 0 Å². The van der Waals surface area contributed by atoms with Crippen molar-refractivity contribution < 1.29 is 18.4 Å². The van der Waals surface area contributed by atoms with E-state index in [9.17, 15) is 18.4 Å². The van der Waals surface area contributed by atoms with Gasteiger partial charge in [-0.05, 0) is 11.4 Å². The van der Waals surface area contributed by atoms with E-state index in [4.69, 9.17) is 0 Å². The van der Waals surface area contributed by atoms with Gasteiger partial charge < -0.3 is 5.32 Å². The van der Waals surface area contributed by atoms with Crippen LogP contribution in [0.2, 0.25) is 0 Å². The molecule has 0 aliphatic rings. The van der Waals surface area contributed by atoms with Crippen LogP contribution < -0.4 is 5.32 Å². The highest BCUT2D eigenvalue weighted by molar-refractivity contribution is 9.09. The zero-order valence-corrected chi connectivity index (χ0v) is 10.4. The number of ketones is 1. The average Bonchev–Trinajstić information content (AvgIpc) is 2.77. The van der Waals surface area contributed by atoms with Crippen LogP contribution in [-0.4, -0.2) is 23.4 Å². The van der Waals surface area contributed by atoms with Gasteiger partial charge in [0.05, 0.1) is 5.33 Å². The maximum absolute atomic E-state index is 12.1. The van der Waals surface area contributed by atoms with Crippen molar-refractivity contribution >= 4 is 39.0 Å². The Morgan fingerprint density at radius 2 is 2.19 bits per heavy atom. The minimum Gasteiger partial charge on any atom is -0.336 e. The van der Waals surface area contributed by atoms with Gasteiger partial charge >= 0.3 is 6.43 Å². The molecule has 1 aromatic heterocycles. The van der Waals surface area contributed by atoms with E-state index in [0.717, 1.165) is 0 Å². The Morgan fingerprint density at radius 3 is 2.62 bits per heavy atom. The third kappa shape index (κ3) is 3.34. The van der Waals surface area contributed by atoms with Gasteiger partial charge in [-0.2, -0.15) is 8.78 Å². The molecule has 1 aromatic rings. The van der Waals surface area contributed by atoms with Crippen molar-refractivity contribution in [1.82, 2.24) is 5.32 Å². The number of hydrogen-bond acceptors (Lipinski definition) is 3. The van der Waals surface area contributed by atoms with E-state index in [1.54, 1.807) is 17.5 Å². The van der Waals surface area contributed by atoms with Crippen LogP contribution in [0.15, 0.2) is 17.5 Å². The first-order chi connectivity index (χ1) is 7.56. The lowest BCUT2D eigenvalue weighted by molar-refractivity contribution is -0.134. The Labute approximate surface area is 103 Å². The van der Waals surface area contributed by atoms with Gasteiger partial charge in [-0.25, -0.2) is 0 Å². The molecule has 1 amide bonds. The van der Waals surface area contributed by atoms with Crippen molar-refractivity contribution in [3.05, 3.63) is 22.4 Å². The highest BCUT2D eigenvalue weighted by atomic mass is 79.9. The minimum atomic E-state index is -3.12. The minimum absolute atomic E-state index is 0.000908. The third-order valence-electron chi connectivity index (χ3n) is 1.77. The summed E-state index contributed by atoms with van der Waals surface area (Å²) in [5, 5.41) is 3.72. The molecule has 1 N–H and O–H groups in total. The summed E-state index contributed by atoms with van der Waals surface area (Å²) < 4.78 is 24.1. The van der Waals surface area contributed by atoms with Gasteiger partial charge in [-0.3, -0.25) is 9.59 Å². The molecule has 0 aromatic carbocycles.